The number of halogens is 1. The van der Waals surface area contributed by atoms with E-state index in [0.717, 1.165) is 21.7 Å². The fourth-order valence-corrected chi connectivity index (χ4v) is 4.11. The van der Waals surface area contributed by atoms with Crippen LogP contribution < -0.4 is 11.1 Å². The number of rotatable bonds is 4. The van der Waals surface area contributed by atoms with E-state index in [1.54, 1.807) is 18.3 Å². The van der Waals surface area contributed by atoms with Crippen LogP contribution in [0.2, 0.25) is 0 Å². The molecule has 0 radical (unpaired) electrons. The van der Waals surface area contributed by atoms with Gasteiger partial charge >= 0.3 is 0 Å². The van der Waals surface area contributed by atoms with Crippen LogP contribution in [0.15, 0.2) is 66.9 Å². The zero-order valence-corrected chi connectivity index (χ0v) is 18.2. The minimum atomic E-state index is -0.200. The van der Waals surface area contributed by atoms with Gasteiger partial charge in [0.15, 0.2) is 5.13 Å². The van der Waals surface area contributed by atoms with Crippen LogP contribution in [-0.2, 0) is 0 Å². The molecule has 0 fully saturated rings. The molecule has 0 saturated carbocycles. The Bertz CT molecular complexity index is 1170. The van der Waals surface area contributed by atoms with Crippen LogP contribution in [0.3, 0.4) is 0 Å². The van der Waals surface area contributed by atoms with Crippen LogP contribution in [-0.4, -0.2) is 15.9 Å². The summed E-state index contributed by atoms with van der Waals surface area (Å²) in [4.78, 5) is 22.3. The van der Waals surface area contributed by atoms with Gasteiger partial charge < -0.3 is 11.1 Å². The molecule has 0 bridgehead atoms. The van der Waals surface area contributed by atoms with Crippen molar-refractivity contribution in [3.8, 4) is 21.7 Å². The molecule has 2 aromatic heterocycles. The van der Waals surface area contributed by atoms with Gasteiger partial charge in [-0.3, -0.25) is 4.79 Å². The summed E-state index contributed by atoms with van der Waals surface area (Å²) >= 11 is 1.42. The molecule has 4 rings (SSSR count). The molecular formula is C23H21ClN4OS. The highest BCUT2D eigenvalue weighted by Crippen LogP contribution is 2.39. The van der Waals surface area contributed by atoms with E-state index in [9.17, 15) is 4.79 Å². The molecule has 30 heavy (non-hydrogen) atoms. The van der Waals surface area contributed by atoms with Crippen molar-refractivity contribution in [2.75, 3.05) is 11.1 Å². The van der Waals surface area contributed by atoms with E-state index < -0.39 is 0 Å². The summed E-state index contributed by atoms with van der Waals surface area (Å²) in [6.45, 7) is 4.13. The van der Waals surface area contributed by atoms with Crippen molar-refractivity contribution in [3.63, 3.8) is 0 Å². The molecule has 5 nitrogen and oxygen atoms in total. The number of nitrogens with zero attached hydrogens (tertiary/aromatic N) is 2. The second kappa shape index (κ2) is 9.07. The number of thiazole rings is 1. The third-order valence-corrected chi connectivity index (χ3v) is 5.37. The monoisotopic (exact) mass is 436 g/mol. The van der Waals surface area contributed by atoms with E-state index >= 15 is 0 Å². The number of carbonyl (C=O) groups is 1. The highest BCUT2D eigenvalue weighted by molar-refractivity contribution is 7.19. The second-order valence-corrected chi connectivity index (χ2v) is 7.89. The predicted molar refractivity (Wildman–Crippen MR) is 126 cm³/mol. The molecule has 0 saturated heterocycles. The van der Waals surface area contributed by atoms with Crippen LogP contribution >= 0.6 is 23.7 Å². The topological polar surface area (TPSA) is 80.9 Å². The molecule has 3 N–H and O–H groups in total. The summed E-state index contributed by atoms with van der Waals surface area (Å²) < 4.78 is 0. The molecule has 0 aliphatic rings. The minimum absolute atomic E-state index is 0. The number of nitrogens with two attached hydrogens (primary N) is 1. The average molecular weight is 437 g/mol. The van der Waals surface area contributed by atoms with Crippen LogP contribution in [0, 0.1) is 13.8 Å². The summed E-state index contributed by atoms with van der Waals surface area (Å²) in [7, 11) is 0. The largest absolute Gasteiger partial charge is 0.375 e. The molecule has 0 atom stereocenters. The van der Waals surface area contributed by atoms with Crippen molar-refractivity contribution in [1.29, 1.82) is 0 Å². The predicted octanol–water partition coefficient (Wildman–Crippen LogP) is 5.75. The fourth-order valence-electron chi connectivity index (χ4n) is 3.26. The van der Waals surface area contributed by atoms with E-state index in [1.807, 2.05) is 30.3 Å². The van der Waals surface area contributed by atoms with Crippen LogP contribution in [0.5, 0.6) is 0 Å². The Morgan fingerprint density at radius 1 is 0.967 bits per heavy atom. The second-order valence-electron chi connectivity index (χ2n) is 6.86. The normalized spacial score (nSPS) is 10.3. The van der Waals surface area contributed by atoms with Gasteiger partial charge in [0.1, 0.15) is 5.82 Å². The van der Waals surface area contributed by atoms with E-state index in [-0.39, 0.29) is 18.3 Å². The van der Waals surface area contributed by atoms with E-state index in [0.29, 0.717) is 16.5 Å². The lowest BCUT2D eigenvalue weighted by atomic mass is 10.0. The molecular weight excluding hydrogens is 416 g/mol. The van der Waals surface area contributed by atoms with Gasteiger partial charge in [-0.2, -0.15) is 0 Å². The Hall–Kier alpha value is -3.22. The lowest BCUT2D eigenvalue weighted by molar-refractivity contribution is 0.102. The molecule has 4 aromatic rings. The standard InChI is InChI=1S/C23H20N4OS.ClH/c1-14-10-15(2)12-18(11-14)20-21(29-23(24)27-20)17-8-9-25-19(13-17)26-22(28)16-6-4-3-5-7-16;/h3-13H,1-2H3,(H2,24,27)(H,25,26,28);1H. The zero-order chi connectivity index (χ0) is 20.4. The third kappa shape index (κ3) is 4.67. The average Bonchev–Trinajstić information content (AvgIpc) is 3.10. The number of anilines is 2. The molecule has 1 amide bonds. The first-order chi connectivity index (χ1) is 14.0. The van der Waals surface area contributed by atoms with Crippen LogP contribution in [0.25, 0.3) is 21.7 Å². The van der Waals surface area contributed by atoms with Crippen molar-refractivity contribution in [1.82, 2.24) is 9.97 Å². The molecule has 0 aliphatic carbocycles. The number of hydrogen-bond acceptors (Lipinski definition) is 5. The Balaban J connectivity index is 0.00000256. The van der Waals surface area contributed by atoms with Crippen molar-refractivity contribution < 1.29 is 4.79 Å². The third-order valence-electron chi connectivity index (χ3n) is 4.44. The van der Waals surface area contributed by atoms with Crippen molar-refractivity contribution >= 4 is 40.6 Å². The number of nitrogens with one attached hydrogen (secondary N) is 1. The molecule has 0 unspecified atom stereocenters. The first-order valence-corrected chi connectivity index (χ1v) is 9.99. The Morgan fingerprint density at radius 3 is 2.37 bits per heavy atom. The number of hydrogen-bond donors (Lipinski definition) is 2. The number of pyridine rings is 1. The number of nitrogen functional groups attached to an aromatic ring is 1. The summed E-state index contributed by atoms with van der Waals surface area (Å²) in [6.07, 6.45) is 1.68. The van der Waals surface area contributed by atoms with Gasteiger partial charge in [0.25, 0.3) is 5.91 Å². The maximum atomic E-state index is 12.4. The maximum absolute atomic E-state index is 12.4. The fraction of sp³-hybridized carbons (Fsp3) is 0.0870. The Morgan fingerprint density at radius 2 is 1.67 bits per heavy atom. The lowest BCUT2D eigenvalue weighted by Crippen LogP contribution is -2.12. The van der Waals surface area contributed by atoms with Gasteiger partial charge in [-0.15, -0.1) is 12.4 Å². The van der Waals surface area contributed by atoms with Crippen LogP contribution in [0.1, 0.15) is 21.5 Å². The number of carbonyl (C=O) groups excluding carboxylic acids is 1. The van der Waals surface area contributed by atoms with Gasteiger partial charge in [-0.05, 0) is 55.8 Å². The quantitative estimate of drug-likeness (QED) is 0.427. The summed E-state index contributed by atoms with van der Waals surface area (Å²) in [5.41, 5.74) is 11.7. The highest BCUT2D eigenvalue weighted by atomic mass is 35.5. The summed E-state index contributed by atoms with van der Waals surface area (Å²) in [6, 6.07) is 19.1. The van der Waals surface area contributed by atoms with Gasteiger partial charge in [0.05, 0.1) is 10.6 Å². The molecule has 152 valence electrons. The number of aryl methyl sites for hydroxylation is 2. The van der Waals surface area contributed by atoms with Crippen LogP contribution in [0.4, 0.5) is 10.9 Å². The van der Waals surface area contributed by atoms with Crippen molar-refractivity contribution in [2.24, 2.45) is 0 Å². The van der Waals surface area contributed by atoms with Gasteiger partial charge in [0, 0.05) is 17.3 Å². The Labute approximate surface area is 185 Å². The van der Waals surface area contributed by atoms with E-state index in [1.165, 1.54) is 22.5 Å². The SMILES string of the molecule is Cc1cc(C)cc(-c2nc(N)sc2-c2ccnc(NC(=O)c3ccccc3)c2)c1.Cl. The molecule has 0 aliphatic heterocycles. The van der Waals surface area contributed by atoms with E-state index in [2.05, 4.69) is 47.3 Å². The minimum Gasteiger partial charge on any atom is -0.375 e. The highest BCUT2D eigenvalue weighted by Gasteiger charge is 2.16. The van der Waals surface area contributed by atoms with Gasteiger partial charge in [-0.25, -0.2) is 9.97 Å². The van der Waals surface area contributed by atoms with E-state index in [4.69, 9.17) is 5.73 Å². The summed E-state index contributed by atoms with van der Waals surface area (Å²) in [5.74, 6) is 0.281. The smallest absolute Gasteiger partial charge is 0.256 e. The first kappa shape index (κ1) is 21.5. The van der Waals surface area contributed by atoms with Gasteiger partial charge in [0.2, 0.25) is 0 Å². The molecule has 0 spiro atoms. The molecule has 2 aromatic carbocycles. The van der Waals surface area contributed by atoms with Crippen molar-refractivity contribution in [2.45, 2.75) is 13.8 Å². The van der Waals surface area contributed by atoms with Gasteiger partial charge in [-0.1, -0.05) is 46.7 Å². The maximum Gasteiger partial charge on any atom is 0.256 e. The number of amides is 1. The number of aromatic nitrogens is 2. The first-order valence-electron chi connectivity index (χ1n) is 9.17. The van der Waals surface area contributed by atoms with Crippen molar-refractivity contribution in [3.05, 3.63) is 83.6 Å². The lowest BCUT2D eigenvalue weighted by Gasteiger charge is -2.08. The number of benzene rings is 2. The zero-order valence-electron chi connectivity index (χ0n) is 16.5. The molecule has 2 heterocycles. The Kier molecular flexibility index (Phi) is 6.50. The molecule has 7 heteroatoms. The summed E-state index contributed by atoms with van der Waals surface area (Å²) in [5, 5.41) is 3.36.